The number of alkyl carbamates (subject to hydrolysis) is 1. The van der Waals surface area contributed by atoms with Crippen LogP contribution in [0.5, 0.6) is 0 Å². The van der Waals surface area contributed by atoms with Crippen LogP contribution in [0.3, 0.4) is 0 Å². The van der Waals surface area contributed by atoms with E-state index in [4.69, 9.17) is 4.74 Å². The molecule has 0 saturated heterocycles. The zero-order valence-electron chi connectivity index (χ0n) is 11.3. The Labute approximate surface area is 112 Å². The first-order valence-corrected chi connectivity index (χ1v) is 6.00. The molecule has 2 rings (SSSR count). The van der Waals surface area contributed by atoms with Crippen LogP contribution in [-0.4, -0.2) is 22.8 Å². The minimum absolute atomic E-state index is 0.325. The molecule has 2 aromatic rings. The molecule has 19 heavy (non-hydrogen) atoms. The van der Waals surface area contributed by atoms with Gasteiger partial charge in [-0.1, -0.05) is 24.3 Å². The van der Waals surface area contributed by atoms with E-state index >= 15 is 0 Å². The number of amides is 1. The number of methoxy groups -OCH3 is 1. The fourth-order valence-electron chi connectivity index (χ4n) is 2.02. The highest BCUT2D eigenvalue weighted by Crippen LogP contribution is 2.23. The summed E-state index contributed by atoms with van der Waals surface area (Å²) in [7, 11) is 3.25. The van der Waals surface area contributed by atoms with Crippen molar-refractivity contribution >= 4 is 6.09 Å². The fraction of sp³-hybridized carbons (Fsp3) is 0.286. The molecule has 0 aliphatic heterocycles. The van der Waals surface area contributed by atoms with Crippen LogP contribution in [0.25, 0.3) is 0 Å². The zero-order valence-corrected chi connectivity index (χ0v) is 11.3. The predicted octanol–water partition coefficient (Wildman–Crippen LogP) is 2.17. The smallest absolute Gasteiger partial charge is 0.407 e. The van der Waals surface area contributed by atoms with E-state index in [9.17, 15) is 4.79 Å². The highest BCUT2D eigenvalue weighted by atomic mass is 16.5. The minimum atomic E-state index is -0.476. The quantitative estimate of drug-likeness (QED) is 0.919. The lowest BCUT2D eigenvalue weighted by molar-refractivity contribution is 0.168. The van der Waals surface area contributed by atoms with E-state index in [-0.39, 0.29) is 6.04 Å². The first-order valence-electron chi connectivity index (χ1n) is 6.00. The number of aromatic nitrogens is 2. The molecule has 0 bridgehead atoms. The summed E-state index contributed by atoms with van der Waals surface area (Å²) in [6.45, 7) is 2.00. The first kappa shape index (κ1) is 13.1. The maximum Gasteiger partial charge on any atom is 0.407 e. The van der Waals surface area contributed by atoms with Crippen molar-refractivity contribution in [2.75, 3.05) is 7.11 Å². The van der Waals surface area contributed by atoms with Gasteiger partial charge in [-0.3, -0.25) is 0 Å². The van der Waals surface area contributed by atoms with Crippen LogP contribution >= 0.6 is 0 Å². The van der Waals surface area contributed by atoms with E-state index in [0.29, 0.717) is 0 Å². The van der Waals surface area contributed by atoms with Crippen LogP contribution in [-0.2, 0) is 11.8 Å². The van der Waals surface area contributed by atoms with Gasteiger partial charge in [0, 0.05) is 19.4 Å². The van der Waals surface area contributed by atoms with E-state index in [1.807, 2.05) is 49.0 Å². The summed E-state index contributed by atoms with van der Waals surface area (Å²) in [6.07, 6.45) is 3.08. The van der Waals surface area contributed by atoms with Crippen molar-refractivity contribution in [3.63, 3.8) is 0 Å². The molecular weight excluding hydrogens is 242 g/mol. The lowest BCUT2D eigenvalue weighted by Gasteiger charge is -2.20. The van der Waals surface area contributed by atoms with Gasteiger partial charge in [0.05, 0.1) is 7.11 Å². The van der Waals surface area contributed by atoms with Crippen molar-refractivity contribution in [3.05, 3.63) is 53.6 Å². The van der Waals surface area contributed by atoms with Gasteiger partial charge in [-0.15, -0.1) is 0 Å². The third-order valence-corrected chi connectivity index (χ3v) is 3.06. The summed E-state index contributed by atoms with van der Waals surface area (Å²) < 4.78 is 6.57. The molecule has 5 heteroatoms. The van der Waals surface area contributed by atoms with Crippen molar-refractivity contribution in [2.24, 2.45) is 7.05 Å². The van der Waals surface area contributed by atoms with Gasteiger partial charge >= 0.3 is 6.09 Å². The minimum Gasteiger partial charge on any atom is -0.453 e. The van der Waals surface area contributed by atoms with E-state index in [2.05, 4.69) is 10.3 Å². The SMILES string of the molecule is COC(=O)NC(c1ccccc1C)c1nccn1C. The van der Waals surface area contributed by atoms with Crippen LogP contribution in [0, 0.1) is 6.92 Å². The number of carbonyl (C=O) groups excluding carboxylic acids is 1. The number of hydrogen-bond acceptors (Lipinski definition) is 3. The number of carbonyl (C=O) groups is 1. The van der Waals surface area contributed by atoms with Crippen molar-refractivity contribution in [2.45, 2.75) is 13.0 Å². The maximum atomic E-state index is 11.5. The van der Waals surface area contributed by atoms with Gasteiger partial charge in [0.2, 0.25) is 0 Å². The third kappa shape index (κ3) is 2.76. The van der Waals surface area contributed by atoms with E-state index in [0.717, 1.165) is 17.0 Å². The summed E-state index contributed by atoms with van der Waals surface area (Å²) in [4.78, 5) is 15.9. The molecule has 1 atom stereocenters. The molecule has 1 heterocycles. The van der Waals surface area contributed by atoms with E-state index < -0.39 is 6.09 Å². The molecule has 1 N–H and O–H groups in total. The summed E-state index contributed by atoms with van der Waals surface area (Å²) in [6, 6.07) is 7.56. The molecule has 100 valence electrons. The molecular formula is C14H17N3O2. The second-order valence-electron chi connectivity index (χ2n) is 4.32. The second-order valence-corrected chi connectivity index (χ2v) is 4.32. The standard InChI is InChI=1S/C14H17N3O2/c1-10-6-4-5-7-11(10)12(16-14(18)19-3)13-15-8-9-17(13)2/h4-9,12H,1-3H3,(H,16,18). The van der Waals surface area contributed by atoms with Crippen molar-refractivity contribution in [3.8, 4) is 0 Å². The molecule has 0 radical (unpaired) electrons. The maximum absolute atomic E-state index is 11.5. The summed E-state index contributed by atoms with van der Waals surface area (Å²) in [5, 5.41) is 2.82. The Morgan fingerprint density at radius 1 is 1.42 bits per heavy atom. The molecule has 0 aliphatic carbocycles. The Hall–Kier alpha value is -2.30. The van der Waals surface area contributed by atoms with Crippen molar-refractivity contribution in [1.29, 1.82) is 0 Å². The predicted molar refractivity (Wildman–Crippen MR) is 71.8 cm³/mol. The topological polar surface area (TPSA) is 56.1 Å². The molecule has 5 nitrogen and oxygen atoms in total. The fourth-order valence-corrected chi connectivity index (χ4v) is 2.02. The number of ether oxygens (including phenoxy) is 1. The van der Waals surface area contributed by atoms with Gasteiger partial charge in [-0.2, -0.15) is 0 Å². The van der Waals surface area contributed by atoms with Gasteiger partial charge in [-0.25, -0.2) is 9.78 Å². The Morgan fingerprint density at radius 2 is 2.16 bits per heavy atom. The Morgan fingerprint density at radius 3 is 2.74 bits per heavy atom. The molecule has 1 aromatic heterocycles. The molecule has 0 fully saturated rings. The summed E-state index contributed by atoms with van der Waals surface area (Å²) in [5.41, 5.74) is 2.09. The molecule has 1 amide bonds. The first-order chi connectivity index (χ1) is 9.13. The molecule has 1 aromatic carbocycles. The summed E-state index contributed by atoms with van der Waals surface area (Å²) in [5.74, 6) is 0.764. The van der Waals surface area contributed by atoms with Gasteiger partial charge in [0.25, 0.3) is 0 Å². The van der Waals surface area contributed by atoms with Crippen LogP contribution in [0.15, 0.2) is 36.7 Å². The Kier molecular flexibility index (Phi) is 3.85. The average molecular weight is 259 g/mol. The van der Waals surface area contributed by atoms with E-state index in [1.54, 1.807) is 6.20 Å². The number of benzene rings is 1. The molecule has 0 aliphatic rings. The van der Waals surface area contributed by atoms with Crippen LogP contribution in [0.1, 0.15) is 23.0 Å². The number of aryl methyl sites for hydroxylation is 2. The summed E-state index contributed by atoms with van der Waals surface area (Å²) >= 11 is 0. The third-order valence-electron chi connectivity index (χ3n) is 3.06. The number of hydrogen-bond donors (Lipinski definition) is 1. The van der Waals surface area contributed by atoms with E-state index in [1.165, 1.54) is 7.11 Å². The second kappa shape index (κ2) is 5.56. The average Bonchev–Trinajstić information content (AvgIpc) is 2.83. The van der Waals surface area contributed by atoms with Crippen LogP contribution in [0.2, 0.25) is 0 Å². The van der Waals surface area contributed by atoms with Crippen molar-refractivity contribution < 1.29 is 9.53 Å². The van der Waals surface area contributed by atoms with Crippen molar-refractivity contribution in [1.82, 2.24) is 14.9 Å². The highest BCUT2D eigenvalue weighted by molar-refractivity contribution is 5.68. The molecule has 0 spiro atoms. The largest absolute Gasteiger partial charge is 0.453 e. The monoisotopic (exact) mass is 259 g/mol. The van der Waals surface area contributed by atoms with Crippen LogP contribution < -0.4 is 5.32 Å². The lowest BCUT2D eigenvalue weighted by atomic mass is 10.0. The van der Waals surface area contributed by atoms with Gasteiger partial charge in [0.15, 0.2) is 0 Å². The lowest BCUT2D eigenvalue weighted by Crippen LogP contribution is -2.31. The van der Waals surface area contributed by atoms with Gasteiger partial charge in [0.1, 0.15) is 11.9 Å². The van der Waals surface area contributed by atoms with Gasteiger partial charge in [-0.05, 0) is 18.1 Å². The zero-order chi connectivity index (χ0) is 13.8. The highest BCUT2D eigenvalue weighted by Gasteiger charge is 2.22. The molecule has 0 saturated carbocycles. The van der Waals surface area contributed by atoms with Gasteiger partial charge < -0.3 is 14.6 Å². The number of nitrogens with zero attached hydrogens (tertiary/aromatic N) is 2. The molecule has 1 unspecified atom stereocenters. The normalized spacial score (nSPS) is 11.9. The van der Waals surface area contributed by atoms with Crippen LogP contribution in [0.4, 0.5) is 4.79 Å². The number of nitrogens with one attached hydrogen (secondary N) is 1. The number of rotatable bonds is 3. The number of imidazole rings is 1. The Bertz CT molecular complexity index is 578. The Balaban J connectivity index is 2.43.